The van der Waals surface area contributed by atoms with Crippen molar-refractivity contribution in [2.75, 3.05) is 32.8 Å². The Balaban J connectivity index is 1.51. The first-order valence-electron chi connectivity index (χ1n) is 8.34. The fourth-order valence-electron chi connectivity index (χ4n) is 2.82. The second-order valence-corrected chi connectivity index (χ2v) is 5.87. The molecule has 0 bridgehead atoms. The first-order valence-corrected chi connectivity index (χ1v) is 8.34. The highest BCUT2D eigenvalue weighted by Crippen LogP contribution is 2.21. The van der Waals surface area contributed by atoms with Gasteiger partial charge in [0.05, 0.1) is 25.5 Å². The Labute approximate surface area is 145 Å². The summed E-state index contributed by atoms with van der Waals surface area (Å²) in [5.74, 6) is 0.528. The number of nitrogens with zero attached hydrogens (tertiary/aromatic N) is 1. The summed E-state index contributed by atoms with van der Waals surface area (Å²) in [7, 11) is 0. The number of hydrogen-bond acceptors (Lipinski definition) is 4. The number of carbonyl (C=O) groups is 1. The maximum atomic E-state index is 12.9. The molecule has 0 aliphatic carbocycles. The van der Waals surface area contributed by atoms with Crippen LogP contribution in [0.2, 0.25) is 0 Å². The average molecular weight is 347 g/mol. The van der Waals surface area contributed by atoms with E-state index in [4.69, 9.17) is 9.15 Å². The van der Waals surface area contributed by atoms with E-state index in [2.05, 4.69) is 15.5 Å². The zero-order valence-electron chi connectivity index (χ0n) is 13.9. The molecule has 2 amide bonds. The van der Waals surface area contributed by atoms with Crippen LogP contribution in [-0.2, 0) is 11.3 Å². The Morgan fingerprint density at radius 3 is 2.60 bits per heavy atom. The van der Waals surface area contributed by atoms with E-state index in [0.717, 1.165) is 24.4 Å². The van der Waals surface area contributed by atoms with E-state index in [-0.39, 0.29) is 17.9 Å². The molecule has 134 valence electrons. The number of nitrogens with one attached hydrogen (secondary N) is 2. The lowest BCUT2D eigenvalue weighted by Crippen LogP contribution is -2.45. The number of hydrogen-bond donors (Lipinski definition) is 2. The Morgan fingerprint density at radius 1 is 1.16 bits per heavy atom. The number of morpholine rings is 1. The molecule has 0 saturated carbocycles. The minimum atomic E-state index is -0.292. The molecule has 6 nitrogen and oxygen atoms in total. The van der Waals surface area contributed by atoms with Crippen LogP contribution in [0.3, 0.4) is 0 Å². The van der Waals surface area contributed by atoms with Crippen LogP contribution in [0.25, 0.3) is 0 Å². The number of amides is 2. The standard InChI is InChI=1S/C18H22FN3O3/c19-15-5-3-14(4-6-15)12-20-18(23)21-13-16(17-2-1-9-25-17)22-7-10-24-11-8-22/h1-6,9,16H,7-8,10-13H2,(H2,20,21,23)/t16-/m0/s1. The molecular weight excluding hydrogens is 325 g/mol. The Morgan fingerprint density at radius 2 is 1.92 bits per heavy atom. The van der Waals surface area contributed by atoms with Crippen LogP contribution in [0.5, 0.6) is 0 Å². The molecule has 25 heavy (non-hydrogen) atoms. The van der Waals surface area contributed by atoms with E-state index < -0.39 is 0 Å². The molecule has 1 atom stereocenters. The number of furan rings is 1. The zero-order chi connectivity index (χ0) is 17.5. The third-order valence-electron chi connectivity index (χ3n) is 4.18. The minimum Gasteiger partial charge on any atom is -0.468 e. The fraction of sp³-hybridized carbons (Fsp3) is 0.389. The Kier molecular flexibility index (Phi) is 6.03. The van der Waals surface area contributed by atoms with Crippen molar-refractivity contribution < 1.29 is 18.3 Å². The van der Waals surface area contributed by atoms with Gasteiger partial charge in [-0.1, -0.05) is 12.1 Å². The fourth-order valence-corrected chi connectivity index (χ4v) is 2.82. The summed E-state index contributed by atoms with van der Waals surface area (Å²) in [5, 5.41) is 5.66. The molecule has 0 unspecified atom stereocenters. The van der Waals surface area contributed by atoms with E-state index in [9.17, 15) is 9.18 Å². The predicted molar refractivity (Wildman–Crippen MR) is 90.5 cm³/mol. The molecule has 2 heterocycles. The van der Waals surface area contributed by atoms with Gasteiger partial charge in [-0.15, -0.1) is 0 Å². The van der Waals surface area contributed by atoms with Gasteiger partial charge in [-0.25, -0.2) is 9.18 Å². The van der Waals surface area contributed by atoms with Gasteiger partial charge in [0.15, 0.2) is 0 Å². The minimum absolute atomic E-state index is 0.0320. The van der Waals surface area contributed by atoms with Crippen LogP contribution in [0.4, 0.5) is 9.18 Å². The van der Waals surface area contributed by atoms with Gasteiger partial charge in [0.1, 0.15) is 11.6 Å². The lowest BCUT2D eigenvalue weighted by molar-refractivity contribution is 0.0123. The van der Waals surface area contributed by atoms with Crippen LogP contribution >= 0.6 is 0 Å². The number of halogens is 1. The highest BCUT2D eigenvalue weighted by atomic mass is 19.1. The van der Waals surface area contributed by atoms with Gasteiger partial charge >= 0.3 is 6.03 Å². The van der Waals surface area contributed by atoms with E-state index in [1.807, 2.05) is 12.1 Å². The molecule has 3 rings (SSSR count). The van der Waals surface area contributed by atoms with Crippen LogP contribution in [0.1, 0.15) is 17.4 Å². The number of carbonyl (C=O) groups excluding carboxylic acids is 1. The molecule has 1 aromatic carbocycles. The molecule has 1 fully saturated rings. The summed E-state index contributed by atoms with van der Waals surface area (Å²) < 4.78 is 23.8. The first-order chi connectivity index (χ1) is 12.2. The molecule has 1 aliphatic rings. The Bertz CT molecular complexity index is 655. The third kappa shape index (κ3) is 5.04. The summed E-state index contributed by atoms with van der Waals surface area (Å²) >= 11 is 0. The van der Waals surface area contributed by atoms with Crippen molar-refractivity contribution in [3.05, 3.63) is 59.8 Å². The highest BCUT2D eigenvalue weighted by Gasteiger charge is 2.25. The van der Waals surface area contributed by atoms with Crippen molar-refractivity contribution >= 4 is 6.03 Å². The summed E-state index contributed by atoms with van der Waals surface area (Å²) in [6, 6.07) is 9.50. The topological polar surface area (TPSA) is 66.7 Å². The highest BCUT2D eigenvalue weighted by molar-refractivity contribution is 5.73. The molecule has 1 aromatic heterocycles. The van der Waals surface area contributed by atoms with Crippen molar-refractivity contribution in [3.63, 3.8) is 0 Å². The van der Waals surface area contributed by atoms with Crippen molar-refractivity contribution in [1.29, 1.82) is 0 Å². The van der Waals surface area contributed by atoms with Crippen molar-refractivity contribution in [2.24, 2.45) is 0 Å². The SMILES string of the molecule is O=C(NCc1ccc(F)cc1)NC[C@@H](c1ccco1)N1CCOCC1. The van der Waals surface area contributed by atoms with Gasteiger partial charge in [0, 0.05) is 26.2 Å². The maximum Gasteiger partial charge on any atom is 0.315 e. The second-order valence-electron chi connectivity index (χ2n) is 5.87. The van der Waals surface area contributed by atoms with Crippen LogP contribution in [0.15, 0.2) is 47.1 Å². The normalized spacial score (nSPS) is 16.4. The van der Waals surface area contributed by atoms with Crippen molar-refractivity contribution in [2.45, 2.75) is 12.6 Å². The average Bonchev–Trinajstić information content (AvgIpc) is 3.17. The van der Waals surface area contributed by atoms with E-state index in [0.29, 0.717) is 26.3 Å². The number of rotatable bonds is 6. The van der Waals surface area contributed by atoms with Gasteiger partial charge in [-0.2, -0.15) is 0 Å². The van der Waals surface area contributed by atoms with Gasteiger partial charge < -0.3 is 19.8 Å². The third-order valence-corrected chi connectivity index (χ3v) is 4.18. The summed E-state index contributed by atoms with van der Waals surface area (Å²) in [6.45, 7) is 3.72. The van der Waals surface area contributed by atoms with E-state index >= 15 is 0 Å². The molecule has 0 spiro atoms. The first kappa shape index (κ1) is 17.4. The zero-order valence-corrected chi connectivity index (χ0v) is 13.9. The van der Waals surface area contributed by atoms with Crippen LogP contribution in [-0.4, -0.2) is 43.8 Å². The van der Waals surface area contributed by atoms with Crippen molar-refractivity contribution in [1.82, 2.24) is 15.5 Å². The van der Waals surface area contributed by atoms with Gasteiger partial charge in [-0.05, 0) is 29.8 Å². The molecule has 7 heteroatoms. The summed E-state index contributed by atoms with van der Waals surface area (Å²) in [6.07, 6.45) is 1.64. The van der Waals surface area contributed by atoms with Crippen LogP contribution < -0.4 is 10.6 Å². The van der Waals surface area contributed by atoms with E-state index in [1.54, 1.807) is 18.4 Å². The summed E-state index contributed by atoms with van der Waals surface area (Å²) in [4.78, 5) is 14.3. The number of benzene rings is 1. The van der Waals surface area contributed by atoms with E-state index in [1.165, 1.54) is 12.1 Å². The molecule has 1 saturated heterocycles. The monoisotopic (exact) mass is 347 g/mol. The molecular formula is C18H22FN3O3. The molecule has 1 aliphatic heterocycles. The number of urea groups is 1. The lowest BCUT2D eigenvalue weighted by atomic mass is 10.1. The van der Waals surface area contributed by atoms with Crippen molar-refractivity contribution in [3.8, 4) is 0 Å². The van der Waals surface area contributed by atoms with Crippen LogP contribution in [0, 0.1) is 5.82 Å². The lowest BCUT2D eigenvalue weighted by Gasteiger charge is -2.33. The molecule has 2 aromatic rings. The second kappa shape index (κ2) is 8.64. The quantitative estimate of drug-likeness (QED) is 0.841. The molecule has 2 N–H and O–H groups in total. The molecule has 0 radical (unpaired) electrons. The smallest absolute Gasteiger partial charge is 0.315 e. The summed E-state index contributed by atoms with van der Waals surface area (Å²) in [5.41, 5.74) is 0.840. The van der Waals surface area contributed by atoms with Gasteiger partial charge in [0.25, 0.3) is 0 Å². The Hall–Kier alpha value is -2.38. The largest absolute Gasteiger partial charge is 0.468 e. The van der Waals surface area contributed by atoms with Gasteiger partial charge in [-0.3, -0.25) is 4.90 Å². The predicted octanol–water partition coefficient (Wildman–Crippen LogP) is 2.29. The maximum absolute atomic E-state index is 12.9. The van der Waals surface area contributed by atoms with Gasteiger partial charge in [0.2, 0.25) is 0 Å². The number of ether oxygens (including phenoxy) is 1.